The summed E-state index contributed by atoms with van der Waals surface area (Å²) in [4.78, 5) is 13.5. The maximum absolute atomic E-state index is 13.6. The Labute approximate surface area is 114 Å². The van der Waals surface area contributed by atoms with E-state index < -0.39 is 23.1 Å². The molecule has 0 radical (unpaired) electrons. The molecule has 2 rings (SSSR count). The molecule has 7 heteroatoms. The first kappa shape index (κ1) is 14.2. The number of benzene rings is 1. The van der Waals surface area contributed by atoms with Crippen LogP contribution in [0.5, 0.6) is 0 Å². The molecule has 1 amide bonds. The Morgan fingerprint density at radius 2 is 2.05 bits per heavy atom. The summed E-state index contributed by atoms with van der Waals surface area (Å²) in [5.41, 5.74) is 4.96. The molecule has 3 N–H and O–H groups in total. The maximum atomic E-state index is 13.6. The molecule has 1 aromatic rings. The number of likely N-dealkylation sites (tertiary alicyclic amines) is 1. The third kappa shape index (κ3) is 2.71. The fraction of sp³-hybridized carbons (Fsp3) is 0.385. The Morgan fingerprint density at radius 3 is 2.65 bits per heavy atom. The summed E-state index contributed by atoms with van der Waals surface area (Å²) >= 11 is 0. The highest BCUT2D eigenvalue weighted by atomic mass is 19.1. The number of oxime groups is 1. The van der Waals surface area contributed by atoms with E-state index in [1.54, 1.807) is 0 Å². The van der Waals surface area contributed by atoms with Crippen molar-refractivity contribution in [2.24, 2.45) is 16.8 Å². The van der Waals surface area contributed by atoms with Crippen molar-refractivity contribution >= 4 is 11.7 Å². The summed E-state index contributed by atoms with van der Waals surface area (Å²) in [5.74, 6) is -2.76. The number of amidine groups is 1. The van der Waals surface area contributed by atoms with E-state index in [-0.39, 0.29) is 18.3 Å². The summed E-state index contributed by atoms with van der Waals surface area (Å²) in [7, 11) is 0. The van der Waals surface area contributed by atoms with Crippen molar-refractivity contribution in [3.8, 4) is 0 Å². The second kappa shape index (κ2) is 5.85. The van der Waals surface area contributed by atoms with Crippen LogP contribution in [0.4, 0.5) is 8.78 Å². The molecule has 1 aromatic carbocycles. The van der Waals surface area contributed by atoms with Gasteiger partial charge in [0.1, 0.15) is 23.0 Å². The van der Waals surface area contributed by atoms with Crippen LogP contribution in [0.2, 0.25) is 0 Å². The van der Waals surface area contributed by atoms with Crippen molar-refractivity contribution in [3.63, 3.8) is 0 Å². The molecule has 0 spiro atoms. The fourth-order valence-corrected chi connectivity index (χ4v) is 2.34. The zero-order valence-corrected chi connectivity index (χ0v) is 10.7. The van der Waals surface area contributed by atoms with Crippen LogP contribution in [-0.4, -0.2) is 34.9 Å². The van der Waals surface area contributed by atoms with Crippen molar-refractivity contribution in [2.45, 2.75) is 12.8 Å². The zero-order valence-electron chi connectivity index (χ0n) is 10.7. The molecule has 0 aliphatic carbocycles. The first-order valence-corrected chi connectivity index (χ1v) is 6.25. The molecule has 108 valence electrons. The normalized spacial score (nSPS) is 20.0. The van der Waals surface area contributed by atoms with Gasteiger partial charge in [-0.2, -0.15) is 0 Å². The van der Waals surface area contributed by atoms with Gasteiger partial charge in [0.25, 0.3) is 5.91 Å². The lowest BCUT2D eigenvalue weighted by atomic mass is 9.96. The molecule has 0 bridgehead atoms. The quantitative estimate of drug-likeness (QED) is 0.374. The van der Waals surface area contributed by atoms with Crippen LogP contribution in [0, 0.1) is 17.6 Å². The van der Waals surface area contributed by atoms with E-state index in [9.17, 15) is 13.6 Å². The van der Waals surface area contributed by atoms with Gasteiger partial charge < -0.3 is 15.8 Å². The number of piperidine rings is 1. The highest BCUT2D eigenvalue weighted by Crippen LogP contribution is 2.21. The van der Waals surface area contributed by atoms with Gasteiger partial charge in [0.2, 0.25) is 0 Å². The summed E-state index contributed by atoms with van der Waals surface area (Å²) in [6, 6.07) is 3.29. The van der Waals surface area contributed by atoms with Gasteiger partial charge in [0.05, 0.1) is 0 Å². The van der Waals surface area contributed by atoms with E-state index in [4.69, 9.17) is 10.9 Å². The summed E-state index contributed by atoms with van der Waals surface area (Å²) in [6.07, 6.45) is 1.29. The number of rotatable bonds is 2. The molecular weight excluding hydrogens is 268 g/mol. The molecule has 5 nitrogen and oxygen atoms in total. The van der Waals surface area contributed by atoms with Gasteiger partial charge in [0, 0.05) is 19.0 Å². The highest BCUT2D eigenvalue weighted by Gasteiger charge is 2.29. The minimum atomic E-state index is -0.888. The van der Waals surface area contributed by atoms with Crippen molar-refractivity contribution in [1.82, 2.24) is 4.90 Å². The van der Waals surface area contributed by atoms with Crippen molar-refractivity contribution in [2.75, 3.05) is 13.1 Å². The number of carbonyl (C=O) groups excluding carboxylic acids is 1. The van der Waals surface area contributed by atoms with E-state index in [1.807, 2.05) is 0 Å². The molecular formula is C13H15F2N3O2. The summed E-state index contributed by atoms with van der Waals surface area (Å²) < 4.78 is 27.2. The van der Waals surface area contributed by atoms with Crippen molar-refractivity contribution in [1.29, 1.82) is 0 Å². The topological polar surface area (TPSA) is 78.9 Å². The number of amides is 1. The number of hydrogen-bond donors (Lipinski definition) is 2. The molecule has 1 atom stereocenters. The Balaban J connectivity index is 2.21. The fourth-order valence-electron chi connectivity index (χ4n) is 2.34. The second-order valence-electron chi connectivity index (χ2n) is 4.71. The van der Waals surface area contributed by atoms with Crippen LogP contribution in [0.3, 0.4) is 0 Å². The first-order chi connectivity index (χ1) is 9.54. The van der Waals surface area contributed by atoms with Crippen LogP contribution in [0.25, 0.3) is 0 Å². The largest absolute Gasteiger partial charge is 0.409 e. The van der Waals surface area contributed by atoms with Gasteiger partial charge in [0.15, 0.2) is 0 Å². The number of hydrogen-bond acceptors (Lipinski definition) is 3. The van der Waals surface area contributed by atoms with Gasteiger partial charge in [-0.15, -0.1) is 0 Å². The number of nitrogens with two attached hydrogens (primary N) is 1. The lowest BCUT2D eigenvalue weighted by Crippen LogP contribution is -2.44. The minimum Gasteiger partial charge on any atom is -0.409 e. The van der Waals surface area contributed by atoms with E-state index in [1.165, 1.54) is 11.0 Å². The maximum Gasteiger partial charge on any atom is 0.259 e. The molecule has 1 aliphatic heterocycles. The van der Waals surface area contributed by atoms with E-state index in [0.717, 1.165) is 12.1 Å². The molecule has 0 saturated carbocycles. The van der Waals surface area contributed by atoms with E-state index >= 15 is 0 Å². The molecule has 20 heavy (non-hydrogen) atoms. The lowest BCUT2D eigenvalue weighted by Gasteiger charge is -2.32. The van der Waals surface area contributed by atoms with Crippen molar-refractivity contribution in [3.05, 3.63) is 35.4 Å². The first-order valence-electron chi connectivity index (χ1n) is 6.25. The molecule has 1 heterocycles. The Hall–Kier alpha value is -2.18. The molecule has 1 fully saturated rings. The highest BCUT2D eigenvalue weighted by molar-refractivity contribution is 5.95. The molecule has 0 aromatic heterocycles. The third-order valence-electron chi connectivity index (χ3n) is 3.42. The summed E-state index contributed by atoms with van der Waals surface area (Å²) in [6.45, 7) is 0.574. The minimum absolute atomic E-state index is 0.0245. The predicted molar refractivity (Wildman–Crippen MR) is 68.4 cm³/mol. The van der Waals surface area contributed by atoms with Crippen LogP contribution in [0.1, 0.15) is 23.2 Å². The Morgan fingerprint density at radius 1 is 1.40 bits per heavy atom. The molecule has 1 unspecified atom stereocenters. The predicted octanol–water partition coefficient (Wildman–Crippen LogP) is 1.56. The van der Waals surface area contributed by atoms with Gasteiger partial charge in [-0.1, -0.05) is 11.2 Å². The van der Waals surface area contributed by atoms with Crippen LogP contribution >= 0.6 is 0 Å². The number of halogens is 2. The standard InChI is InChI=1S/C13H15F2N3O2/c14-9-4-1-5-10(15)11(9)13(19)18-6-2-3-8(7-18)12(16)17-20/h1,4-5,8,20H,2-3,6-7H2,(H2,16,17). The van der Waals surface area contributed by atoms with E-state index in [0.29, 0.717) is 19.4 Å². The smallest absolute Gasteiger partial charge is 0.259 e. The number of carbonyl (C=O) groups is 1. The average Bonchev–Trinajstić information content (AvgIpc) is 2.46. The molecule has 1 aliphatic rings. The zero-order chi connectivity index (χ0) is 14.7. The summed E-state index contributed by atoms with van der Waals surface area (Å²) in [5, 5.41) is 11.6. The van der Waals surface area contributed by atoms with Crippen LogP contribution < -0.4 is 5.73 Å². The average molecular weight is 283 g/mol. The number of nitrogens with zero attached hydrogens (tertiary/aromatic N) is 2. The monoisotopic (exact) mass is 283 g/mol. The second-order valence-corrected chi connectivity index (χ2v) is 4.71. The van der Waals surface area contributed by atoms with Gasteiger partial charge >= 0.3 is 0 Å². The Kier molecular flexibility index (Phi) is 4.16. The lowest BCUT2D eigenvalue weighted by molar-refractivity contribution is 0.0691. The van der Waals surface area contributed by atoms with Gasteiger partial charge in [-0.25, -0.2) is 8.78 Å². The van der Waals surface area contributed by atoms with Crippen molar-refractivity contribution < 1.29 is 18.8 Å². The molecule has 1 saturated heterocycles. The third-order valence-corrected chi connectivity index (χ3v) is 3.42. The Bertz CT molecular complexity index is 528. The van der Waals surface area contributed by atoms with Gasteiger partial charge in [-0.05, 0) is 25.0 Å². The van der Waals surface area contributed by atoms with Crippen LogP contribution in [0.15, 0.2) is 23.4 Å². The van der Waals surface area contributed by atoms with Crippen LogP contribution in [-0.2, 0) is 0 Å². The van der Waals surface area contributed by atoms with E-state index in [2.05, 4.69) is 5.16 Å². The SMILES string of the molecule is NC(=NO)C1CCCN(C(=O)c2c(F)cccc2F)C1. The van der Waals surface area contributed by atoms with Gasteiger partial charge in [-0.3, -0.25) is 4.79 Å².